The molecule has 0 heterocycles. The van der Waals surface area contributed by atoms with Gasteiger partial charge in [-0.3, -0.25) is 5.32 Å². The van der Waals surface area contributed by atoms with Crippen LogP contribution in [0.1, 0.15) is 40.0 Å². The van der Waals surface area contributed by atoms with Crippen molar-refractivity contribution in [3.63, 3.8) is 0 Å². The van der Waals surface area contributed by atoms with Gasteiger partial charge in [-0.15, -0.1) is 0 Å². The lowest BCUT2D eigenvalue weighted by Gasteiger charge is -2.26. The highest BCUT2D eigenvalue weighted by molar-refractivity contribution is 7.99. The molecule has 0 fully saturated rings. The van der Waals surface area contributed by atoms with Crippen LogP contribution in [-0.2, 0) is 0 Å². The Labute approximate surface area is 104 Å². The minimum atomic E-state index is -0.349. The van der Waals surface area contributed by atoms with Crippen molar-refractivity contribution in [2.45, 2.75) is 50.8 Å². The summed E-state index contributed by atoms with van der Waals surface area (Å²) >= 11 is 1.77. The highest BCUT2D eigenvalue weighted by Gasteiger charge is 2.25. The maximum absolute atomic E-state index is 9.20. The van der Waals surface area contributed by atoms with Crippen molar-refractivity contribution in [1.82, 2.24) is 5.32 Å². The fourth-order valence-corrected chi connectivity index (χ4v) is 2.43. The minimum Gasteiger partial charge on any atom is -0.395 e. The molecule has 0 saturated heterocycles. The van der Waals surface area contributed by atoms with Gasteiger partial charge in [0.25, 0.3) is 0 Å². The fraction of sp³-hybridized carbons (Fsp3) is 0.917. The van der Waals surface area contributed by atoms with Gasteiger partial charge in [0.05, 0.1) is 12.7 Å². The molecule has 2 N–H and O–H groups in total. The van der Waals surface area contributed by atoms with Gasteiger partial charge in [-0.2, -0.15) is 17.0 Å². The number of aliphatic hydroxyl groups is 1. The van der Waals surface area contributed by atoms with Gasteiger partial charge in [0, 0.05) is 5.25 Å². The summed E-state index contributed by atoms with van der Waals surface area (Å²) in [6, 6.07) is 2.40. The molecule has 2 atom stereocenters. The number of nitrogens with one attached hydrogen (secondary N) is 1. The average molecular weight is 244 g/mol. The molecule has 0 radical (unpaired) electrons. The Kier molecular flexibility index (Phi) is 8.73. The molecular formula is C12H24N2OS. The summed E-state index contributed by atoms with van der Waals surface area (Å²) in [6.45, 7) is 7.17. The molecule has 4 heteroatoms. The maximum Gasteiger partial charge on any atom is 0.106 e. The first-order chi connectivity index (χ1) is 7.64. The highest BCUT2D eigenvalue weighted by Crippen LogP contribution is 2.19. The number of thioether (sulfide) groups is 1. The van der Waals surface area contributed by atoms with Crippen LogP contribution < -0.4 is 5.32 Å². The zero-order valence-electron chi connectivity index (χ0n) is 10.6. The lowest BCUT2D eigenvalue weighted by Crippen LogP contribution is -2.43. The molecule has 0 bridgehead atoms. The van der Waals surface area contributed by atoms with Crippen LogP contribution in [0.2, 0.25) is 0 Å². The number of rotatable bonds is 9. The topological polar surface area (TPSA) is 56.0 Å². The molecule has 0 saturated carbocycles. The van der Waals surface area contributed by atoms with E-state index in [1.165, 1.54) is 0 Å². The highest BCUT2D eigenvalue weighted by atomic mass is 32.2. The predicted octanol–water partition coefficient (Wildman–Crippen LogP) is 2.16. The normalized spacial score (nSPS) is 16.4. The molecule has 0 amide bonds. The molecule has 0 aromatic heterocycles. The van der Waals surface area contributed by atoms with E-state index in [1.807, 2.05) is 13.8 Å². The van der Waals surface area contributed by atoms with E-state index in [-0.39, 0.29) is 12.1 Å². The molecule has 0 aromatic rings. The van der Waals surface area contributed by atoms with E-state index in [0.29, 0.717) is 5.25 Å². The zero-order chi connectivity index (χ0) is 12.4. The zero-order valence-corrected chi connectivity index (χ0v) is 11.4. The molecule has 0 aromatic carbocycles. The maximum atomic E-state index is 9.20. The van der Waals surface area contributed by atoms with Gasteiger partial charge < -0.3 is 5.11 Å². The molecule has 0 aliphatic carbocycles. The van der Waals surface area contributed by atoms with Gasteiger partial charge in [-0.05, 0) is 31.6 Å². The van der Waals surface area contributed by atoms with Gasteiger partial charge in [0.15, 0.2) is 0 Å². The van der Waals surface area contributed by atoms with Crippen molar-refractivity contribution in [2.75, 3.05) is 18.9 Å². The number of hydrogen-bond donors (Lipinski definition) is 2. The van der Waals surface area contributed by atoms with Crippen molar-refractivity contribution in [2.24, 2.45) is 0 Å². The van der Waals surface area contributed by atoms with Crippen LogP contribution in [0.25, 0.3) is 0 Å². The van der Waals surface area contributed by atoms with Crippen LogP contribution in [0.4, 0.5) is 0 Å². The van der Waals surface area contributed by atoms with Crippen LogP contribution in [0.3, 0.4) is 0 Å². The quantitative estimate of drug-likeness (QED) is 0.610. The van der Waals surface area contributed by atoms with E-state index in [9.17, 15) is 5.26 Å². The smallest absolute Gasteiger partial charge is 0.106 e. The Bertz CT molecular complexity index is 218. The standard InChI is InChI=1S/C12H24N2OS/c1-4-12(10-13,14-5-2)7-6-8-16-11(3)9-15/h11,14-15H,4-9H2,1-3H3. The van der Waals surface area contributed by atoms with Crippen LogP contribution >= 0.6 is 11.8 Å². The summed E-state index contributed by atoms with van der Waals surface area (Å²) in [5.74, 6) is 1.01. The second-order valence-corrected chi connectivity index (χ2v) is 5.59. The molecule has 16 heavy (non-hydrogen) atoms. The molecule has 0 rings (SSSR count). The predicted molar refractivity (Wildman–Crippen MR) is 70.6 cm³/mol. The van der Waals surface area contributed by atoms with Gasteiger partial charge in [-0.25, -0.2) is 0 Å². The van der Waals surface area contributed by atoms with E-state index < -0.39 is 0 Å². The van der Waals surface area contributed by atoms with Gasteiger partial charge >= 0.3 is 0 Å². The van der Waals surface area contributed by atoms with E-state index in [1.54, 1.807) is 11.8 Å². The van der Waals surface area contributed by atoms with E-state index in [2.05, 4.69) is 18.3 Å². The Balaban J connectivity index is 3.90. The van der Waals surface area contributed by atoms with Crippen LogP contribution in [0.5, 0.6) is 0 Å². The summed E-state index contributed by atoms with van der Waals surface area (Å²) < 4.78 is 0. The first kappa shape index (κ1) is 15.8. The number of hydrogen-bond acceptors (Lipinski definition) is 4. The van der Waals surface area contributed by atoms with Crippen molar-refractivity contribution in [3.8, 4) is 6.07 Å². The van der Waals surface area contributed by atoms with Crippen molar-refractivity contribution >= 4 is 11.8 Å². The van der Waals surface area contributed by atoms with Crippen molar-refractivity contribution < 1.29 is 5.11 Å². The third-order valence-corrected chi connectivity index (χ3v) is 3.98. The SMILES string of the molecule is CCNC(C#N)(CC)CCCSC(C)CO. The van der Waals surface area contributed by atoms with Gasteiger partial charge in [0.1, 0.15) is 5.54 Å². The second-order valence-electron chi connectivity index (χ2n) is 4.05. The van der Waals surface area contributed by atoms with Crippen molar-refractivity contribution in [1.29, 1.82) is 5.26 Å². The number of nitrogens with zero attached hydrogens (tertiary/aromatic N) is 1. The molecule has 0 aliphatic rings. The number of aliphatic hydroxyl groups excluding tert-OH is 1. The Hall–Kier alpha value is -0.240. The minimum absolute atomic E-state index is 0.231. The van der Waals surface area contributed by atoms with Crippen molar-refractivity contribution in [3.05, 3.63) is 0 Å². The first-order valence-corrected chi connectivity index (χ1v) is 7.07. The summed E-state index contributed by atoms with van der Waals surface area (Å²) in [6.07, 6.45) is 2.75. The molecule has 0 aliphatic heterocycles. The molecule has 3 nitrogen and oxygen atoms in total. The van der Waals surface area contributed by atoms with Crippen LogP contribution in [0, 0.1) is 11.3 Å². The molecule has 0 spiro atoms. The average Bonchev–Trinajstić information content (AvgIpc) is 2.32. The lowest BCUT2D eigenvalue weighted by atomic mass is 9.92. The molecule has 94 valence electrons. The van der Waals surface area contributed by atoms with E-state index in [0.717, 1.165) is 31.6 Å². The summed E-state index contributed by atoms with van der Waals surface area (Å²) in [5.41, 5.74) is -0.349. The monoisotopic (exact) mass is 244 g/mol. The van der Waals surface area contributed by atoms with Crippen LogP contribution in [-0.4, -0.2) is 34.8 Å². The molecular weight excluding hydrogens is 220 g/mol. The summed E-state index contributed by atoms with van der Waals surface area (Å²) in [7, 11) is 0. The van der Waals surface area contributed by atoms with Crippen LogP contribution in [0.15, 0.2) is 0 Å². The Morgan fingerprint density at radius 1 is 1.50 bits per heavy atom. The summed E-state index contributed by atoms with van der Waals surface area (Å²) in [4.78, 5) is 0. The van der Waals surface area contributed by atoms with Gasteiger partial charge in [0.2, 0.25) is 0 Å². The van der Waals surface area contributed by atoms with Gasteiger partial charge in [-0.1, -0.05) is 20.8 Å². The number of nitriles is 1. The third-order valence-electron chi connectivity index (χ3n) is 2.74. The third kappa shape index (κ3) is 5.74. The van der Waals surface area contributed by atoms with E-state index in [4.69, 9.17) is 5.11 Å². The largest absolute Gasteiger partial charge is 0.395 e. The summed E-state index contributed by atoms with van der Waals surface area (Å²) in [5, 5.41) is 21.7. The Morgan fingerprint density at radius 3 is 2.62 bits per heavy atom. The molecule has 2 unspecified atom stereocenters. The second kappa shape index (κ2) is 8.86. The lowest BCUT2D eigenvalue weighted by molar-refractivity contribution is 0.300. The fourth-order valence-electron chi connectivity index (χ4n) is 1.61. The Morgan fingerprint density at radius 2 is 2.19 bits per heavy atom. The van der Waals surface area contributed by atoms with E-state index >= 15 is 0 Å². The first-order valence-electron chi connectivity index (χ1n) is 6.02.